The molecule has 8 heteroatoms. The quantitative estimate of drug-likeness (QED) is 0.269. The summed E-state index contributed by atoms with van der Waals surface area (Å²) in [6, 6.07) is 11.5. The van der Waals surface area contributed by atoms with Gasteiger partial charge in [-0.25, -0.2) is 5.43 Å². The molecule has 174 valence electrons. The second-order valence-corrected chi connectivity index (χ2v) is 11.1. The van der Waals surface area contributed by atoms with Gasteiger partial charge in [0.2, 0.25) is 0 Å². The van der Waals surface area contributed by atoms with E-state index in [2.05, 4.69) is 43.4 Å². The number of Topliss-reactive ketones (excluding diaryl/α,β-unsaturated/α-hetero) is 1. The first kappa shape index (κ1) is 24.8. The van der Waals surface area contributed by atoms with Gasteiger partial charge >= 0.3 is 0 Å². The van der Waals surface area contributed by atoms with Crippen LogP contribution in [0.5, 0.6) is 5.75 Å². The molecule has 1 aromatic carbocycles. The smallest absolute Gasteiger partial charge is 0.281 e. The molecular weight excluding hydrogens is 454 g/mol. The summed E-state index contributed by atoms with van der Waals surface area (Å²) >= 11 is 2.57. The molecule has 2 N–H and O–H groups in total. The van der Waals surface area contributed by atoms with E-state index in [9.17, 15) is 14.7 Å². The molecule has 2 heterocycles. The molecular formula is C25H29N3O3S2. The standard InChI is InChI=1S/C25H29N3O3S2/c1-15(26-27-24(31)21-12-11-20(33-21)19(29)13-28(5)6)18-14-32-23(22(18)30)16-7-9-17(10-8-16)25(2,3)4/h7-12,14,30H,13H2,1-6H3,(H,27,31)/b26-15+. The number of hydrogen-bond acceptors (Lipinski definition) is 7. The molecule has 0 atom stereocenters. The van der Waals surface area contributed by atoms with Gasteiger partial charge in [0.1, 0.15) is 5.75 Å². The molecule has 3 rings (SSSR count). The van der Waals surface area contributed by atoms with E-state index >= 15 is 0 Å². The summed E-state index contributed by atoms with van der Waals surface area (Å²) in [5, 5.41) is 16.8. The summed E-state index contributed by atoms with van der Waals surface area (Å²) in [5.41, 5.74) is 5.81. The largest absolute Gasteiger partial charge is 0.506 e. The predicted molar refractivity (Wildman–Crippen MR) is 137 cm³/mol. The van der Waals surface area contributed by atoms with Crippen molar-refractivity contribution in [1.82, 2.24) is 10.3 Å². The average molecular weight is 484 g/mol. The van der Waals surface area contributed by atoms with Gasteiger partial charge in [-0.2, -0.15) is 5.10 Å². The van der Waals surface area contributed by atoms with E-state index in [0.717, 1.165) is 21.8 Å². The van der Waals surface area contributed by atoms with Crippen molar-refractivity contribution >= 4 is 40.1 Å². The minimum Gasteiger partial charge on any atom is -0.506 e. The molecule has 33 heavy (non-hydrogen) atoms. The Bertz CT molecular complexity index is 1180. The normalized spacial score (nSPS) is 12.3. The number of rotatable bonds is 7. The Labute approximate surface area is 202 Å². The zero-order chi connectivity index (χ0) is 24.3. The summed E-state index contributed by atoms with van der Waals surface area (Å²) in [4.78, 5) is 28.1. The van der Waals surface area contributed by atoms with Crippen molar-refractivity contribution in [3.05, 3.63) is 62.7 Å². The molecule has 3 aromatic rings. The molecule has 0 saturated carbocycles. The van der Waals surface area contributed by atoms with Crippen LogP contribution in [0.4, 0.5) is 0 Å². The lowest BCUT2D eigenvalue weighted by Crippen LogP contribution is -2.21. The van der Waals surface area contributed by atoms with Gasteiger partial charge in [0, 0.05) is 5.38 Å². The Balaban J connectivity index is 1.72. The third-order valence-electron chi connectivity index (χ3n) is 5.06. The van der Waals surface area contributed by atoms with Gasteiger partial charge in [-0.05, 0) is 49.7 Å². The van der Waals surface area contributed by atoms with Crippen molar-refractivity contribution < 1.29 is 14.7 Å². The minimum absolute atomic E-state index is 0.0324. The maximum Gasteiger partial charge on any atom is 0.281 e. The van der Waals surface area contributed by atoms with Gasteiger partial charge in [0.25, 0.3) is 5.91 Å². The van der Waals surface area contributed by atoms with E-state index < -0.39 is 5.91 Å². The van der Waals surface area contributed by atoms with E-state index in [0.29, 0.717) is 21.0 Å². The molecule has 0 aliphatic carbocycles. The number of benzene rings is 1. The van der Waals surface area contributed by atoms with Crippen molar-refractivity contribution in [1.29, 1.82) is 0 Å². The monoisotopic (exact) mass is 483 g/mol. The van der Waals surface area contributed by atoms with Crippen molar-refractivity contribution in [2.45, 2.75) is 33.1 Å². The Morgan fingerprint density at radius 2 is 1.70 bits per heavy atom. The van der Waals surface area contributed by atoms with E-state index in [1.54, 1.807) is 24.0 Å². The first-order valence-corrected chi connectivity index (χ1v) is 12.2. The van der Waals surface area contributed by atoms with E-state index in [1.807, 2.05) is 31.6 Å². The van der Waals surface area contributed by atoms with Crippen LogP contribution >= 0.6 is 22.7 Å². The van der Waals surface area contributed by atoms with Crippen LogP contribution in [0.1, 0.15) is 58.2 Å². The van der Waals surface area contributed by atoms with Crippen LogP contribution in [0.3, 0.4) is 0 Å². The van der Waals surface area contributed by atoms with Crippen LogP contribution in [0, 0.1) is 0 Å². The third kappa shape index (κ3) is 5.96. The Morgan fingerprint density at radius 3 is 2.30 bits per heavy atom. The lowest BCUT2D eigenvalue weighted by atomic mass is 9.86. The highest BCUT2D eigenvalue weighted by Gasteiger charge is 2.18. The number of carbonyl (C=O) groups is 2. The number of amides is 1. The number of thiophene rings is 2. The number of hydrazone groups is 1. The van der Waals surface area contributed by atoms with Crippen LogP contribution in [0.2, 0.25) is 0 Å². The third-order valence-corrected chi connectivity index (χ3v) is 7.20. The number of ketones is 1. The molecule has 0 unspecified atom stereocenters. The zero-order valence-corrected chi connectivity index (χ0v) is 21.4. The predicted octanol–water partition coefficient (Wildman–Crippen LogP) is 5.38. The van der Waals surface area contributed by atoms with E-state index in [4.69, 9.17) is 0 Å². The minimum atomic E-state index is -0.393. The molecule has 6 nitrogen and oxygen atoms in total. The highest BCUT2D eigenvalue weighted by atomic mass is 32.1. The van der Waals surface area contributed by atoms with Crippen LogP contribution in [0.25, 0.3) is 10.4 Å². The number of carbonyl (C=O) groups excluding carboxylic acids is 2. The van der Waals surface area contributed by atoms with Crippen LogP contribution in [-0.2, 0) is 5.41 Å². The van der Waals surface area contributed by atoms with Crippen molar-refractivity contribution in [2.24, 2.45) is 5.10 Å². The maximum atomic E-state index is 12.5. The number of hydrogen-bond donors (Lipinski definition) is 2. The van der Waals surface area contributed by atoms with E-state index in [-0.39, 0.29) is 23.5 Å². The molecule has 0 aliphatic rings. The topological polar surface area (TPSA) is 82.0 Å². The van der Waals surface area contributed by atoms with Gasteiger partial charge in [0.05, 0.1) is 32.5 Å². The molecule has 0 spiro atoms. The van der Waals surface area contributed by atoms with E-state index in [1.165, 1.54) is 16.9 Å². The first-order chi connectivity index (χ1) is 15.5. The SMILES string of the molecule is C/C(=N\NC(=O)c1ccc(C(=O)CN(C)C)s1)c1csc(-c2ccc(C(C)(C)C)cc2)c1O. The highest BCUT2D eigenvalue weighted by Crippen LogP contribution is 2.39. The van der Waals surface area contributed by atoms with Crippen LogP contribution < -0.4 is 5.43 Å². The molecule has 1 amide bonds. The van der Waals surface area contributed by atoms with Gasteiger partial charge < -0.3 is 10.0 Å². The molecule has 0 bridgehead atoms. The van der Waals surface area contributed by atoms with Crippen molar-refractivity contribution in [2.75, 3.05) is 20.6 Å². The summed E-state index contributed by atoms with van der Waals surface area (Å²) in [5.74, 6) is -0.280. The summed E-state index contributed by atoms with van der Waals surface area (Å²) < 4.78 is 0. The number of aromatic hydroxyl groups is 1. The number of likely N-dealkylation sites (N-methyl/N-ethyl adjacent to an activating group) is 1. The lowest BCUT2D eigenvalue weighted by Gasteiger charge is -2.19. The average Bonchev–Trinajstić information content (AvgIpc) is 3.38. The Hall–Kier alpha value is -2.81. The van der Waals surface area contributed by atoms with Crippen molar-refractivity contribution in [3.8, 4) is 16.2 Å². The summed E-state index contributed by atoms with van der Waals surface area (Å²) in [6.45, 7) is 8.51. The molecule has 0 aliphatic heterocycles. The lowest BCUT2D eigenvalue weighted by molar-refractivity contribution is 0.0953. The molecule has 2 aromatic heterocycles. The van der Waals surface area contributed by atoms with Gasteiger partial charge in [-0.1, -0.05) is 45.0 Å². The highest BCUT2D eigenvalue weighted by molar-refractivity contribution is 7.16. The van der Waals surface area contributed by atoms with Gasteiger partial charge in [0.15, 0.2) is 5.78 Å². The number of nitrogens with zero attached hydrogens (tertiary/aromatic N) is 2. The Kier molecular flexibility index (Phi) is 7.51. The fraction of sp³-hybridized carbons (Fsp3) is 0.320. The molecule has 0 radical (unpaired) electrons. The van der Waals surface area contributed by atoms with Crippen LogP contribution in [0.15, 0.2) is 46.9 Å². The molecule has 0 saturated heterocycles. The van der Waals surface area contributed by atoms with Crippen LogP contribution in [-0.4, -0.2) is 48.0 Å². The second kappa shape index (κ2) is 9.99. The molecule has 0 fully saturated rings. The maximum absolute atomic E-state index is 12.5. The van der Waals surface area contributed by atoms with Gasteiger partial charge in [-0.3, -0.25) is 9.59 Å². The zero-order valence-electron chi connectivity index (χ0n) is 19.7. The Morgan fingerprint density at radius 1 is 1.06 bits per heavy atom. The fourth-order valence-corrected chi connectivity index (χ4v) is 5.00. The first-order valence-electron chi connectivity index (χ1n) is 10.5. The van der Waals surface area contributed by atoms with Gasteiger partial charge in [-0.15, -0.1) is 22.7 Å². The summed E-state index contributed by atoms with van der Waals surface area (Å²) in [6.07, 6.45) is 0. The fourth-order valence-electron chi connectivity index (χ4n) is 3.16. The number of nitrogens with one attached hydrogen (secondary N) is 1. The summed E-state index contributed by atoms with van der Waals surface area (Å²) in [7, 11) is 3.64. The van der Waals surface area contributed by atoms with Crippen molar-refractivity contribution in [3.63, 3.8) is 0 Å². The second-order valence-electron chi connectivity index (χ2n) is 9.12.